The highest BCUT2D eigenvalue weighted by molar-refractivity contribution is 6.21. The molecule has 5 nitrogen and oxygen atoms in total. The van der Waals surface area contributed by atoms with Crippen LogP contribution < -0.4 is 5.32 Å². The Balaban J connectivity index is 1.38. The first-order chi connectivity index (χ1) is 14.6. The van der Waals surface area contributed by atoms with Crippen LogP contribution >= 0.6 is 0 Å². The van der Waals surface area contributed by atoms with Crippen molar-refractivity contribution in [2.75, 3.05) is 6.54 Å². The lowest BCUT2D eigenvalue weighted by molar-refractivity contribution is -0.121. The molecule has 1 aliphatic rings. The van der Waals surface area contributed by atoms with Crippen LogP contribution in [0.4, 0.5) is 0 Å². The van der Waals surface area contributed by atoms with Crippen molar-refractivity contribution in [3.63, 3.8) is 0 Å². The molecule has 1 heterocycles. The second-order valence-corrected chi connectivity index (χ2v) is 7.23. The largest absolute Gasteiger partial charge is 0.345 e. The lowest BCUT2D eigenvalue weighted by Crippen LogP contribution is -2.33. The number of imide groups is 1. The smallest absolute Gasteiger partial charge is 0.261 e. The lowest BCUT2D eigenvalue weighted by Gasteiger charge is -2.20. The van der Waals surface area contributed by atoms with Gasteiger partial charge in [-0.1, -0.05) is 72.8 Å². The standard InChI is InChI=1S/C25H22N2O3/c28-22(16-9-17-27-24(29)20-14-7-8-15-21(20)25(27)30)26-23(18-10-3-1-4-11-18)19-12-5-2-6-13-19/h1-8,10-15,23H,9,16-17H2,(H,26,28). The zero-order valence-electron chi connectivity index (χ0n) is 16.5. The summed E-state index contributed by atoms with van der Waals surface area (Å²) in [5.74, 6) is -0.700. The Kier molecular flexibility index (Phi) is 5.70. The Labute approximate surface area is 175 Å². The summed E-state index contributed by atoms with van der Waals surface area (Å²) in [6, 6.07) is 26.1. The molecule has 0 spiro atoms. The van der Waals surface area contributed by atoms with Gasteiger partial charge >= 0.3 is 0 Å². The summed E-state index contributed by atoms with van der Waals surface area (Å²) in [6.07, 6.45) is 0.636. The van der Waals surface area contributed by atoms with E-state index in [9.17, 15) is 14.4 Å². The molecule has 4 rings (SSSR count). The van der Waals surface area contributed by atoms with Crippen LogP contribution in [0, 0.1) is 0 Å². The quantitative estimate of drug-likeness (QED) is 0.613. The highest BCUT2D eigenvalue weighted by Crippen LogP contribution is 2.24. The molecule has 1 N–H and O–H groups in total. The van der Waals surface area contributed by atoms with Gasteiger partial charge in [0.1, 0.15) is 0 Å². The summed E-state index contributed by atoms with van der Waals surface area (Å²) in [4.78, 5) is 38.8. The van der Waals surface area contributed by atoms with E-state index in [-0.39, 0.29) is 36.7 Å². The highest BCUT2D eigenvalue weighted by Gasteiger charge is 2.34. The van der Waals surface area contributed by atoms with Gasteiger partial charge in [-0.05, 0) is 29.7 Å². The van der Waals surface area contributed by atoms with Crippen LogP contribution in [0.25, 0.3) is 0 Å². The molecule has 0 fully saturated rings. The molecule has 5 heteroatoms. The Morgan fingerprint density at radius 2 is 1.20 bits per heavy atom. The molecule has 30 heavy (non-hydrogen) atoms. The molecule has 3 aromatic carbocycles. The van der Waals surface area contributed by atoms with Gasteiger partial charge in [-0.3, -0.25) is 19.3 Å². The molecular formula is C25H22N2O3. The third kappa shape index (κ3) is 4.01. The van der Waals surface area contributed by atoms with Crippen molar-refractivity contribution < 1.29 is 14.4 Å². The summed E-state index contributed by atoms with van der Waals surface area (Å²) in [6.45, 7) is 0.223. The fraction of sp³-hybridized carbons (Fsp3) is 0.160. The third-order valence-electron chi connectivity index (χ3n) is 5.23. The maximum Gasteiger partial charge on any atom is 0.261 e. The van der Waals surface area contributed by atoms with Crippen LogP contribution in [0.2, 0.25) is 0 Å². The first-order valence-electron chi connectivity index (χ1n) is 9.99. The number of hydrogen-bond acceptors (Lipinski definition) is 3. The molecule has 0 bridgehead atoms. The number of carbonyl (C=O) groups excluding carboxylic acids is 3. The summed E-state index contributed by atoms with van der Waals surface area (Å²) in [7, 11) is 0. The molecule has 1 aliphatic heterocycles. The van der Waals surface area contributed by atoms with Crippen LogP contribution in [0.1, 0.15) is 50.7 Å². The lowest BCUT2D eigenvalue weighted by atomic mass is 9.98. The monoisotopic (exact) mass is 398 g/mol. The second kappa shape index (κ2) is 8.74. The van der Waals surface area contributed by atoms with E-state index in [4.69, 9.17) is 0 Å². The Morgan fingerprint density at radius 3 is 1.70 bits per heavy atom. The van der Waals surface area contributed by atoms with Gasteiger partial charge < -0.3 is 5.32 Å². The Bertz CT molecular complexity index is 990. The van der Waals surface area contributed by atoms with Gasteiger partial charge in [0.15, 0.2) is 0 Å². The number of amides is 3. The number of fused-ring (bicyclic) bond motifs is 1. The van der Waals surface area contributed by atoms with Gasteiger partial charge in [0.05, 0.1) is 17.2 Å². The van der Waals surface area contributed by atoms with E-state index in [0.717, 1.165) is 11.1 Å². The summed E-state index contributed by atoms with van der Waals surface area (Å²) in [5, 5.41) is 3.09. The summed E-state index contributed by atoms with van der Waals surface area (Å²) < 4.78 is 0. The number of rotatable bonds is 7. The van der Waals surface area contributed by atoms with Crippen molar-refractivity contribution in [3.05, 3.63) is 107 Å². The van der Waals surface area contributed by atoms with Crippen molar-refractivity contribution in [2.24, 2.45) is 0 Å². The molecule has 0 radical (unpaired) electrons. The van der Waals surface area contributed by atoms with E-state index in [1.165, 1.54) is 4.90 Å². The maximum atomic E-state index is 12.7. The first-order valence-corrected chi connectivity index (χ1v) is 9.99. The molecule has 0 saturated carbocycles. The highest BCUT2D eigenvalue weighted by atomic mass is 16.2. The van der Waals surface area contributed by atoms with Crippen molar-refractivity contribution >= 4 is 17.7 Å². The molecule has 0 aliphatic carbocycles. The van der Waals surface area contributed by atoms with E-state index >= 15 is 0 Å². The van der Waals surface area contributed by atoms with E-state index in [1.807, 2.05) is 60.7 Å². The fourth-order valence-electron chi connectivity index (χ4n) is 3.72. The number of benzene rings is 3. The topological polar surface area (TPSA) is 66.5 Å². The second-order valence-electron chi connectivity index (χ2n) is 7.23. The van der Waals surface area contributed by atoms with Crippen molar-refractivity contribution in [2.45, 2.75) is 18.9 Å². The molecule has 3 aromatic rings. The van der Waals surface area contributed by atoms with E-state index in [2.05, 4.69) is 5.32 Å². The predicted octanol–water partition coefficient (Wildman–Crippen LogP) is 3.97. The van der Waals surface area contributed by atoms with Crippen molar-refractivity contribution in [1.29, 1.82) is 0 Å². The van der Waals surface area contributed by atoms with Gasteiger partial charge in [-0.15, -0.1) is 0 Å². The van der Waals surface area contributed by atoms with E-state index in [0.29, 0.717) is 17.5 Å². The Morgan fingerprint density at radius 1 is 0.733 bits per heavy atom. The van der Waals surface area contributed by atoms with Crippen LogP contribution in [0.3, 0.4) is 0 Å². The van der Waals surface area contributed by atoms with Crippen LogP contribution in [-0.4, -0.2) is 29.2 Å². The van der Waals surface area contributed by atoms with Crippen LogP contribution in [0.15, 0.2) is 84.9 Å². The number of nitrogens with zero attached hydrogens (tertiary/aromatic N) is 1. The molecule has 150 valence electrons. The molecule has 0 saturated heterocycles. The van der Waals surface area contributed by atoms with E-state index < -0.39 is 0 Å². The SMILES string of the molecule is O=C(CCCN1C(=O)c2ccccc2C1=O)NC(c1ccccc1)c1ccccc1. The summed E-state index contributed by atoms with van der Waals surface area (Å²) >= 11 is 0. The van der Waals surface area contributed by atoms with Crippen molar-refractivity contribution in [3.8, 4) is 0 Å². The zero-order valence-corrected chi connectivity index (χ0v) is 16.5. The predicted molar refractivity (Wildman–Crippen MR) is 114 cm³/mol. The fourth-order valence-corrected chi connectivity index (χ4v) is 3.72. The average Bonchev–Trinajstić information content (AvgIpc) is 3.04. The van der Waals surface area contributed by atoms with E-state index in [1.54, 1.807) is 24.3 Å². The number of carbonyl (C=O) groups is 3. The van der Waals surface area contributed by atoms with Crippen molar-refractivity contribution in [1.82, 2.24) is 10.2 Å². The van der Waals surface area contributed by atoms with Gasteiger partial charge in [-0.25, -0.2) is 0 Å². The molecule has 0 atom stereocenters. The van der Waals surface area contributed by atoms with Crippen LogP contribution in [-0.2, 0) is 4.79 Å². The summed E-state index contributed by atoms with van der Waals surface area (Å²) in [5.41, 5.74) is 2.86. The minimum Gasteiger partial charge on any atom is -0.345 e. The number of hydrogen-bond donors (Lipinski definition) is 1. The van der Waals surface area contributed by atoms with Gasteiger partial charge in [0.25, 0.3) is 11.8 Å². The van der Waals surface area contributed by atoms with Gasteiger partial charge in [-0.2, -0.15) is 0 Å². The molecule has 0 aromatic heterocycles. The molecule has 3 amide bonds. The number of nitrogens with one attached hydrogen (secondary N) is 1. The van der Waals surface area contributed by atoms with Gasteiger partial charge in [0.2, 0.25) is 5.91 Å². The first kappa shape index (κ1) is 19.6. The molecular weight excluding hydrogens is 376 g/mol. The third-order valence-corrected chi connectivity index (χ3v) is 5.23. The minimum absolute atomic E-state index is 0.121. The molecule has 0 unspecified atom stereocenters. The average molecular weight is 398 g/mol. The van der Waals surface area contributed by atoms with Crippen LogP contribution in [0.5, 0.6) is 0 Å². The van der Waals surface area contributed by atoms with Gasteiger partial charge in [0, 0.05) is 13.0 Å². The normalized spacial score (nSPS) is 12.9. The Hall–Kier alpha value is -3.73. The minimum atomic E-state index is -0.289. The zero-order chi connectivity index (χ0) is 20.9. The maximum absolute atomic E-state index is 12.7.